The van der Waals surface area contributed by atoms with E-state index in [4.69, 9.17) is 10.5 Å². The molecular weight excluding hydrogens is 264 g/mol. The topological polar surface area (TPSA) is 64.3 Å². The van der Waals surface area contributed by atoms with Gasteiger partial charge in [-0.25, -0.2) is 0 Å². The van der Waals surface area contributed by atoms with E-state index in [0.717, 1.165) is 50.1 Å². The summed E-state index contributed by atoms with van der Waals surface area (Å²) >= 11 is 0. The van der Waals surface area contributed by atoms with Gasteiger partial charge in [0.15, 0.2) is 0 Å². The van der Waals surface area contributed by atoms with Crippen LogP contribution in [0, 0.1) is 0 Å². The normalized spacial score (nSPS) is 12.0. The number of hydrogen-bond acceptors (Lipinski definition) is 3. The highest BCUT2D eigenvalue weighted by molar-refractivity contribution is 5.90. The maximum absolute atomic E-state index is 11.9. The Morgan fingerprint density at radius 1 is 1.29 bits per heavy atom. The van der Waals surface area contributed by atoms with E-state index in [0.29, 0.717) is 6.42 Å². The fourth-order valence-corrected chi connectivity index (χ4v) is 1.97. The molecule has 3 N–H and O–H groups in total. The van der Waals surface area contributed by atoms with Crippen LogP contribution in [0.3, 0.4) is 0 Å². The van der Waals surface area contributed by atoms with Crippen molar-refractivity contribution < 1.29 is 9.53 Å². The zero-order valence-corrected chi connectivity index (χ0v) is 13.2. The predicted octanol–water partition coefficient (Wildman–Crippen LogP) is 3.71. The van der Waals surface area contributed by atoms with Crippen LogP contribution in [0.25, 0.3) is 0 Å². The number of ether oxygens (including phenoxy) is 1. The van der Waals surface area contributed by atoms with Crippen molar-refractivity contribution in [1.82, 2.24) is 0 Å². The Hall–Kier alpha value is -1.55. The fourth-order valence-electron chi connectivity index (χ4n) is 1.97. The first-order valence-corrected chi connectivity index (χ1v) is 7.92. The smallest absolute Gasteiger partial charge is 0.224 e. The Morgan fingerprint density at radius 2 is 2.05 bits per heavy atom. The summed E-state index contributed by atoms with van der Waals surface area (Å²) < 4.78 is 5.75. The standard InChI is InChI=1S/C17H28N2O2/c1-3-14(2)21-16-10-8-9-15(13-16)19-17(20)11-6-4-5-7-12-18/h8-10,13-14H,3-7,11-12,18H2,1-2H3,(H,19,20). The van der Waals surface area contributed by atoms with Crippen molar-refractivity contribution in [3.8, 4) is 5.75 Å². The number of hydrogen-bond donors (Lipinski definition) is 2. The highest BCUT2D eigenvalue weighted by atomic mass is 16.5. The van der Waals surface area contributed by atoms with Crippen molar-refractivity contribution in [3.63, 3.8) is 0 Å². The molecule has 21 heavy (non-hydrogen) atoms. The van der Waals surface area contributed by atoms with Gasteiger partial charge in [-0.05, 0) is 44.9 Å². The number of benzene rings is 1. The summed E-state index contributed by atoms with van der Waals surface area (Å²) in [6.07, 6.45) is 5.80. The lowest BCUT2D eigenvalue weighted by Crippen LogP contribution is -2.12. The van der Waals surface area contributed by atoms with Crippen LogP contribution < -0.4 is 15.8 Å². The lowest BCUT2D eigenvalue weighted by atomic mass is 10.1. The zero-order chi connectivity index (χ0) is 15.5. The van der Waals surface area contributed by atoms with E-state index in [1.54, 1.807) is 0 Å². The van der Waals surface area contributed by atoms with Gasteiger partial charge < -0.3 is 15.8 Å². The molecule has 1 unspecified atom stereocenters. The molecule has 0 radical (unpaired) electrons. The Balaban J connectivity index is 2.36. The molecule has 0 aromatic heterocycles. The Kier molecular flexibility index (Phi) is 8.51. The van der Waals surface area contributed by atoms with E-state index in [1.807, 2.05) is 31.2 Å². The molecule has 0 aliphatic carbocycles. The van der Waals surface area contributed by atoms with Crippen molar-refractivity contribution in [2.75, 3.05) is 11.9 Å². The van der Waals surface area contributed by atoms with Crippen molar-refractivity contribution >= 4 is 11.6 Å². The summed E-state index contributed by atoms with van der Waals surface area (Å²) in [6, 6.07) is 7.57. The third kappa shape index (κ3) is 7.71. The molecule has 0 saturated heterocycles. The first kappa shape index (κ1) is 17.5. The summed E-state index contributed by atoms with van der Waals surface area (Å²) in [5, 5.41) is 2.92. The molecule has 4 nitrogen and oxygen atoms in total. The lowest BCUT2D eigenvalue weighted by Gasteiger charge is -2.13. The molecule has 118 valence electrons. The monoisotopic (exact) mass is 292 g/mol. The first-order chi connectivity index (χ1) is 10.2. The molecule has 0 aliphatic heterocycles. The van der Waals surface area contributed by atoms with E-state index in [-0.39, 0.29) is 12.0 Å². The van der Waals surface area contributed by atoms with Gasteiger partial charge in [0, 0.05) is 18.2 Å². The molecule has 0 aliphatic rings. The number of carbonyl (C=O) groups excluding carboxylic acids is 1. The summed E-state index contributed by atoms with van der Waals surface area (Å²) in [6.45, 7) is 4.85. The Labute approximate surface area is 128 Å². The Bertz CT molecular complexity index is 421. The van der Waals surface area contributed by atoms with Gasteiger partial charge in [0.2, 0.25) is 5.91 Å². The minimum atomic E-state index is 0.0587. The number of nitrogens with two attached hydrogens (primary N) is 1. The van der Waals surface area contributed by atoms with Crippen LogP contribution >= 0.6 is 0 Å². The fraction of sp³-hybridized carbons (Fsp3) is 0.588. The first-order valence-electron chi connectivity index (χ1n) is 7.92. The predicted molar refractivity (Wildman–Crippen MR) is 87.6 cm³/mol. The van der Waals surface area contributed by atoms with Crippen LogP contribution in [0.15, 0.2) is 24.3 Å². The van der Waals surface area contributed by atoms with Crippen LogP contribution in [0.5, 0.6) is 5.75 Å². The van der Waals surface area contributed by atoms with Gasteiger partial charge in [-0.15, -0.1) is 0 Å². The van der Waals surface area contributed by atoms with Gasteiger partial charge in [-0.1, -0.05) is 25.8 Å². The maximum atomic E-state index is 11.9. The van der Waals surface area contributed by atoms with E-state index >= 15 is 0 Å². The average Bonchev–Trinajstić information content (AvgIpc) is 2.47. The van der Waals surface area contributed by atoms with Crippen molar-refractivity contribution in [1.29, 1.82) is 0 Å². The minimum absolute atomic E-state index is 0.0587. The molecule has 0 saturated carbocycles. The molecule has 4 heteroatoms. The minimum Gasteiger partial charge on any atom is -0.491 e. The van der Waals surface area contributed by atoms with Crippen LogP contribution in [-0.4, -0.2) is 18.6 Å². The molecular formula is C17H28N2O2. The number of anilines is 1. The zero-order valence-electron chi connectivity index (χ0n) is 13.2. The second-order valence-electron chi connectivity index (χ2n) is 5.37. The summed E-state index contributed by atoms with van der Waals surface area (Å²) in [7, 11) is 0. The number of unbranched alkanes of at least 4 members (excludes halogenated alkanes) is 3. The number of nitrogens with one attached hydrogen (secondary N) is 1. The third-order valence-electron chi connectivity index (χ3n) is 3.39. The molecule has 1 amide bonds. The molecule has 1 atom stereocenters. The van der Waals surface area contributed by atoms with Gasteiger partial charge in [0.25, 0.3) is 0 Å². The highest BCUT2D eigenvalue weighted by Crippen LogP contribution is 2.19. The van der Waals surface area contributed by atoms with Gasteiger partial charge in [-0.3, -0.25) is 4.79 Å². The second-order valence-corrected chi connectivity index (χ2v) is 5.37. The van der Waals surface area contributed by atoms with Crippen LogP contribution in [0.2, 0.25) is 0 Å². The van der Waals surface area contributed by atoms with Gasteiger partial charge in [0.1, 0.15) is 5.75 Å². The van der Waals surface area contributed by atoms with Crippen LogP contribution in [0.4, 0.5) is 5.69 Å². The summed E-state index contributed by atoms with van der Waals surface area (Å²) in [5.74, 6) is 0.855. The van der Waals surface area contributed by atoms with E-state index in [9.17, 15) is 4.79 Å². The number of carbonyl (C=O) groups is 1. The van der Waals surface area contributed by atoms with Crippen LogP contribution in [-0.2, 0) is 4.79 Å². The largest absolute Gasteiger partial charge is 0.491 e. The highest BCUT2D eigenvalue weighted by Gasteiger charge is 2.05. The number of amides is 1. The summed E-state index contributed by atoms with van der Waals surface area (Å²) in [4.78, 5) is 11.9. The molecule has 0 fully saturated rings. The molecule has 1 aromatic carbocycles. The summed E-state index contributed by atoms with van der Waals surface area (Å²) in [5.41, 5.74) is 6.23. The second kappa shape index (κ2) is 10.2. The quantitative estimate of drug-likeness (QED) is 0.646. The van der Waals surface area contributed by atoms with Gasteiger partial charge in [-0.2, -0.15) is 0 Å². The molecule has 0 spiro atoms. The van der Waals surface area contributed by atoms with Crippen molar-refractivity contribution in [3.05, 3.63) is 24.3 Å². The van der Waals surface area contributed by atoms with E-state index in [1.165, 1.54) is 0 Å². The van der Waals surface area contributed by atoms with Gasteiger partial charge >= 0.3 is 0 Å². The molecule has 0 bridgehead atoms. The van der Waals surface area contributed by atoms with Crippen molar-refractivity contribution in [2.45, 2.75) is 58.5 Å². The van der Waals surface area contributed by atoms with Crippen molar-refractivity contribution in [2.24, 2.45) is 5.73 Å². The van der Waals surface area contributed by atoms with Crippen LogP contribution in [0.1, 0.15) is 52.4 Å². The molecule has 0 heterocycles. The number of rotatable bonds is 10. The molecule has 1 rings (SSSR count). The SMILES string of the molecule is CCC(C)Oc1cccc(NC(=O)CCCCCCN)c1. The average molecular weight is 292 g/mol. The molecule has 1 aromatic rings. The lowest BCUT2D eigenvalue weighted by molar-refractivity contribution is -0.116. The van der Waals surface area contributed by atoms with E-state index in [2.05, 4.69) is 12.2 Å². The van der Waals surface area contributed by atoms with E-state index < -0.39 is 0 Å². The maximum Gasteiger partial charge on any atom is 0.224 e. The van der Waals surface area contributed by atoms with Gasteiger partial charge in [0.05, 0.1) is 6.10 Å². The third-order valence-corrected chi connectivity index (χ3v) is 3.39. The Morgan fingerprint density at radius 3 is 2.76 bits per heavy atom.